The van der Waals surface area contributed by atoms with Crippen LogP contribution in [0, 0.1) is 0 Å². The maximum Gasteiger partial charge on any atom is 0.105 e. The van der Waals surface area contributed by atoms with Gasteiger partial charge in [-0.2, -0.15) is 0 Å². The van der Waals surface area contributed by atoms with Gasteiger partial charge in [0, 0.05) is 13.5 Å². The van der Waals surface area contributed by atoms with Gasteiger partial charge in [-0.15, -0.1) is 0 Å². The minimum Gasteiger partial charge on any atom is -0.469 e. The van der Waals surface area contributed by atoms with E-state index in [4.69, 9.17) is 15.0 Å². The monoisotopic (exact) mass is 212 g/mol. The second kappa shape index (κ2) is 6.61. The molecule has 0 saturated carbocycles. The first-order valence-electron chi connectivity index (χ1n) is 5.33. The molecular weight excluding hydrogens is 192 g/mol. The predicted molar refractivity (Wildman–Crippen MR) is 59.2 cm³/mol. The number of methoxy groups -OCH3 is 1. The molecule has 3 N–H and O–H groups in total. The smallest absolute Gasteiger partial charge is 0.105 e. The average Bonchev–Trinajstić information content (AvgIpc) is 2.75. The van der Waals surface area contributed by atoms with Crippen LogP contribution in [-0.2, 0) is 11.2 Å². The fourth-order valence-corrected chi connectivity index (χ4v) is 1.71. The van der Waals surface area contributed by atoms with E-state index in [9.17, 15) is 0 Å². The lowest BCUT2D eigenvalue weighted by molar-refractivity contribution is 0.0593. The van der Waals surface area contributed by atoms with Crippen LogP contribution in [0.15, 0.2) is 22.8 Å². The number of nitrogens with one attached hydrogen (secondary N) is 1. The fourth-order valence-electron chi connectivity index (χ4n) is 1.71. The second-order valence-corrected chi connectivity index (χ2v) is 3.62. The van der Waals surface area contributed by atoms with Crippen molar-refractivity contribution >= 4 is 0 Å². The summed E-state index contributed by atoms with van der Waals surface area (Å²) in [7, 11) is 1.72. The summed E-state index contributed by atoms with van der Waals surface area (Å²) in [6.45, 7) is 2.13. The Hall–Kier alpha value is -0.840. The maximum atomic E-state index is 5.52. The largest absolute Gasteiger partial charge is 0.469 e. The molecule has 0 radical (unpaired) electrons. The average molecular weight is 212 g/mol. The van der Waals surface area contributed by atoms with Crippen LogP contribution in [-0.4, -0.2) is 19.3 Å². The van der Waals surface area contributed by atoms with E-state index < -0.39 is 0 Å². The SMILES string of the molecule is CCCC(OC)C(Cc1ccco1)NN. The zero-order chi connectivity index (χ0) is 11.1. The number of ether oxygens (including phenoxy) is 1. The summed E-state index contributed by atoms with van der Waals surface area (Å²) in [4.78, 5) is 0. The van der Waals surface area contributed by atoms with Crippen molar-refractivity contribution < 1.29 is 9.15 Å². The molecule has 2 atom stereocenters. The van der Waals surface area contributed by atoms with Gasteiger partial charge in [0.2, 0.25) is 0 Å². The zero-order valence-electron chi connectivity index (χ0n) is 9.40. The molecule has 15 heavy (non-hydrogen) atoms. The molecule has 0 amide bonds. The quantitative estimate of drug-likeness (QED) is 0.531. The Bertz CT molecular complexity index is 249. The van der Waals surface area contributed by atoms with Crippen molar-refractivity contribution in [2.75, 3.05) is 7.11 Å². The van der Waals surface area contributed by atoms with Crippen LogP contribution in [0.25, 0.3) is 0 Å². The third-order valence-electron chi connectivity index (χ3n) is 2.54. The lowest BCUT2D eigenvalue weighted by Gasteiger charge is -2.24. The summed E-state index contributed by atoms with van der Waals surface area (Å²) in [5, 5.41) is 0. The number of rotatable bonds is 7. The van der Waals surface area contributed by atoms with Gasteiger partial charge in [-0.3, -0.25) is 11.3 Å². The minimum absolute atomic E-state index is 0.0982. The molecule has 0 aliphatic rings. The normalized spacial score (nSPS) is 15.1. The summed E-state index contributed by atoms with van der Waals surface area (Å²) in [6.07, 6.45) is 4.62. The molecule has 0 aromatic carbocycles. The van der Waals surface area contributed by atoms with Crippen LogP contribution < -0.4 is 11.3 Å². The molecule has 4 nitrogen and oxygen atoms in total. The van der Waals surface area contributed by atoms with E-state index in [0.29, 0.717) is 0 Å². The van der Waals surface area contributed by atoms with E-state index in [1.165, 1.54) is 0 Å². The highest BCUT2D eigenvalue weighted by Crippen LogP contribution is 2.12. The Morgan fingerprint density at radius 1 is 1.60 bits per heavy atom. The Kier molecular flexibility index (Phi) is 5.39. The van der Waals surface area contributed by atoms with E-state index >= 15 is 0 Å². The number of nitrogens with two attached hydrogens (primary N) is 1. The first-order chi connectivity index (χ1) is 7.31. The van der Waals surface area contributed by atoms with Gasteiger partial charge < -0.3 is 9.15 Å². The van der Waals surface area contributed by atoms with Crippen molar-refractivity contribution in [2.45, 2.75) is 38.3 Å². The third kappa shape index (κ3) is 3.66. The van der Waals surface area contributed by atoms with Gasteiger partial charge in [0.25, 0.3) is 0 Å². The van der Waals surface area contributed by atoms with Crippen molar-refractivity contribution in [3.8, 4) is 0 Å². The summed E-state index contributed by atoms with van der Waals surface area (Å²) in [6, 6.07) is 3.93. The molecule has 1 aromatic heterocycles. The Morgan fingerprint density at radius 2 is 2.40 bits per heavy atom. The van der Waals surface area contributed by atoms with E-state index in [1.54, 1.807) is 13.4 Å². The van der Waals surface area contributed by atoms with E-state index in [1.807, 2.05) is 12.1 Å². The van der Waals surface area contributed by atoms with Crippen molar-refractivity contribution in [1.82, 2.24) is 5.43 Å². The highest BCUT2D eigenvalue weighted by Gasteiger charge is 2.20. The molecule has 0 spiro atoms. The van der Waals surface area contributed by atoms with E-state index in [2.05, 4.69) is 12.3 Å². The molecule has 1 heterocycles. The van der Waals surface area contributed by atoms with Crippen LogP contribution in [0.5, 0.6) is 0 Å². The van der Waals surface area contributed by atoms with Crippen LogP contribution in [0.3, 0.4) is 0 Å². The van der Waals surface area contributed by atoms with Gasteiger partial charge in [-0.1, -0.05) is 13.3 Å². The minimum atomic E-state index is 0.0982. The van der Waals surface area contributed by atoms with Crippen molar-refractivity contribution in [3.63, 3.8) is 0 Å². The topological polar surface area (TPSA) is 60.4 Å². The van der Waals surface area contributed by atoms with Crippen molar-refractivity contribution in [2.24, 2.45) is 5.84 Å². The summed E-state index contributed by atoms with van der Waals surface area (Å²) in [5.74, 6) is 6.45. The molecule has 0 aliphatic heterocycles. The number of hydrogen-bond acceptors (Lipinski definition) is 4. The molecular formula is C11H20N2O2. The van der Waals surface area contributed by atoms with Crippen LogP contribution >= 0.6 is 0 Å². The van der Waals surface area contributed by atoms with E-state index in [-0.39, 0.29) is 12.1 Å². The number of hydrazine groups is 1. The molecule has 0 saturated heterocycles. The molecule has 1 aromatic rings. The molecule has 4 heteroatoms. The summed E-state index contributed by atoms with van der Waals surface area (Å²) < 4.78 is 10.7. The molecule has 0 aliphatic carbocycles. The van der Waals surface area contributed by atoms with Crippen LogP contribution in [0.2, 0.25) is 0 Å². The lowest BCUT2D eigenvalue weighted by atomic mass is 10.0. The maximum absolute atomic E-state index is 5.52. The molecule has 86 valence electrons. The molecule has 0 fully saturated rings. The number of hydrogen-bond donors (Lipinski definition) is 2. The first-order valence-corrected chi connectivity index (χ1v) is 5.33. The van der Waals surface area contributed by atoms with Gasteiger partial charge in [-0.05, 0) is 18.6 Å². The standard InChI is InChI=1S/C11H20N2O2/c1-3-5-11(14-2)10(13-12)8-9-6-4-7-15-9/h4,6-7,10-11,13H,3,5,8,12H2,1-2H3. The van der Waals surface area contributed by atoms with Crippen molar-refractivity contribution in [3.05, 3.63) is 24.2 Å². The number of furan rings is 1. The van der Waals surface area contributed by atoms with Crippen LogP contribution in [0.4, 0.5) is 0 Å². The Balaban J connectivity index is 2.53. The molecule has 2 unspecified atom stereocenters. The Morgan fingerprint density at radius 3 is 2.87 bits per heavy atom. The zero-order valence-corrected chi connectivity index (χ0v) is 9.40. The molecule has 0 bridgehead atoms. The van der Waals surface area contributed by atoms with Gasteiger partial charge in [0.15, 0.2) is 0 Å². The highest BCUT2D eigenvalue weighted by molar-refractivity contribution is 5.01. The first kappa shape index (κ1) is 12.2. The van der Waals surface area contributed by atoms with Crippen LogP contribution in [0.1, 0.15) is 25.5 Å². The predicted octanol–water partition coefficient (Wildman–Crippen LogP) is 1.47. The summed E-state index contributed by atoms with van der Waals surface area (Å²) in [5.41, 5.74) is 2.79. The Labute approximate surface area is 90.8 Å². The highest BCUT2D eigenvalue weighted by atomic mass is 16.5. The lowest BCUT2D eigenvalue weighted by Crippen LogP contribution is -2.46. The van der Waals surface area contributed by atoms with Gasteiger partial charge in [-0.25, -0.2) is 0 Å². The second-order valence-electron chi connectivity index (χ2n) is 3.62. The fraction of sp³-hybridized carbons (Fsp3) is 0.636. The van der Waals surface area contributed by atoms with Gasteiger partial charge in [0.1, 0.15) is 5.76 Å². The van der Waals surface area contributed by atoms with Gasteiger partial charge >= 0.3 is 0 Å². The van der Waals surface area contributed by atoms with E-state index in [0.717, 1.165) is 25.0 Å². The summed E-state index contributed by atoms with van der Waals surface area (Å²) >= 11 is 0. The third-order valence-corrected chi connectivity index (χ3v) is 2.54. The van der Waals surface area contributed by atoms with Gasteiger partial charge in [0.05, 0.1) is 18.4 Å². The molecule has 1 rings (SSSR count). The van der Waals surface area contributed by atoms with Crippen molar-refractivity contribution in [1.29, 1.82) is 0 Å².